The molecule has 1 aliphatic carbocycles. The van der Waals surface area contributed by atoms with Crippen LogP contribution in [0.2, 0.25) is 4.34 Å². The molecule has 0 aliphatic heterocycles. The zero-order valence-electron chi connectivity index (χ0n) is 11.6. The second-order valence-electron chi connectivity index (χ2n) is 5.74. The molecule has 1 aromatic heterocycles. The van der Waals surface area contributed by atoms with Crippen molar-refractivity contribution in [2.45, 2.75) is 49.3 Å². The van der Waals surface area contributed by atoms with Crippen LogP contribution in [0.5, 0.6) is 0 Å². The molecule has 1 fully saturated rings. The average Bonchev–Trinajstić information content (AvgIpc) is 2.70. The van der Waals surface area contributed by atoms with Crippen molar-refractivity contribution in [2.75, 3.05) is 5.33 Å². The van der Waals surface area contributed by atoms with Gasteiger partial charge in [-0.2, -0.15) is 0 Å². The van der Waals surface area contributed by atoms with Gasteiger partial charge < -0.3 is 0 Å². The number of hydrogen-bond donors (Lipinski definition) is 1. The van der Waals surface area contributed by atoms with Crippen molar-refractivity contribution in [1.82, 2.24) is 4.72 Å². The third kappa shape index (κ3) is 3.58. The Bertz CT molecular complexity index is 568. The first-order chi connectivity index (χ1) is 9.28. The van der Waals surface area contributed by atoms with Crippen molar-refractivity contribution in [3.8, 4) is 0 Å². The van der Waals surface area contributed by atoms with Gasteiger partial charge in [0.05, 0.1) is 4.34 Å². The molecule has 0 spiro atoms. The molecule has 114 valence electrons. The minimum atomic E-state index is -3.50. The molecule has 0 aromatic carbocycles. The van der Waals surface area contributed by atoms with E-state index in [-0.39, 0.29) is 5.54 Å². The molecule has 0 saturated heterocycles. The summed E-state index contributed by atoms with van der Waals surface area (Å²) >= 11 is 10.6. The van der Waals surface area contributed by atoms with Gasteiger partial charge in [-0.25, -0.2) is 13.1 Å². The molecular formula is C13H19BrClNO2S2. The monoisotopic (exact) mass is 399 g/mol. The zero-order valence-corrected chi connectivity index (χ0v) is 15.6. The van der Waals surface area contributed by atoms with Gasteiger partial charge in [-0.3, -0.25) is 0 Å². The molecule has 0 bridgehead atoms. The molecule has 1 N–H and O–H groups in total. The van der Waals surface area contributed by atoms with Crippen LogP contribution < -0.4 is 4.72 Å². The lowest BCUT2D eigenvalue weighted by Gasteiger charge is -2.39. The summed E-state index contributed by atoms with van der Waals surface area (Å²) in [5, 5.41) is 0.641. The van der Waals surface area contributed by atoms with E-state index in [4.69, 9.17) is 11.6 Å². The Kier molecular flexibility index (Phi) is 5.23. The standard InChI is InChI=1S/C13H19BrClNO2S2/c1-9-4-3-5-13(7-9,8-14)16-20(17,18)11-6-10(2)12(15)19-11/h6,9,16H,3-5,7-8H2,1-2H3. The smallest absolute Gasteiger partial charge is 0.206 e. The van der Waals surface area contributed by atoms with Crippen LogP contribution in [0, 0.1) is 12.8 Å². The van der Waals surface area contributed by atoms with E-state index in [1.165, 1.54) is 6.42 Å². The van der Waals surface area contributed by atoms with Gasteiger partial charge in [0.25, 0.3) is 10.0 Å². The number of hydrogen-bond acceptors (Lipinski definition) is 3. The second kappa shape index (κ2) is 6.24. The Balaban J connectivity index is 2.26. The highest BCUT2D eigenvalue weighted by molar-refractivity contribution is 9.09. The van der Waals surface area contributed by atoms with Gasteiger partial charge in [0, 0.05) is 10.9 Å². The summed E-state index contributed by atoms with van der Waals surface area (Å²) in [7, 11) is -3.50. The Hall–Kier alpha value is 0.380. The topological polar surface area (TPSA) is 46.2 Å². The van der Waals surface area contributed by atoms with Gasteiger partial charge in [0.1, 0.15) is 4.21 Å². The first-order valence-electron chi connectivity index (χ1n) is 6.64. The number of thiophene rings is 1. The van der Waals surface area contributed by atoms with Crippen molar-refractivity contribution in [1.29, 1.82) is 0 Å². The van der Waals surface area contributed by atoms with E-state index in [0.717, 1.165) is 36.2 Å². The van der Waals surface area contributed by atoms with Crippen molar-refractivity contribution in [2.24, 2.45) is 5.92 Å². The summed E-state index contributed by atoms with van der Waals surface area (Å²) in [6.07, 6.45) is 3.97. The Morgan fingerprint density at radius 1 is 1.60 bits per heavy atom. The fraction of sp³-hybridized carbons (Fsp3) is 0.692. The number of halogens is 2. The molecule has 1 aliphatic rings. The van der Waals surface area contributed by atoms with Crippen molar-refractivity contribution >= 4 is 48.9 Å². The summed E-state index contributed by atoms with van der Waals surface area (Å²) in [5.74, 6) is 0.539. The molecule has 1 heterocycles. The number of rotatable bonds is 4. The number of aryl methyl sites for hydroxylation is 1. The number of alkyl halides is 1. The summed E-state index contributed by atoms with van der Waals surface area (Å²) < 4.78 is 28.9. The average molecular weight is 401 g/mol. The first kappa shape index (κ1) is 16.7. The minimum Gasteiger partial charge on any atom is -0.206 e. The highest BCUT2D eigenvalue weighted by Crippen LogP contribution is 2.36. The molecule has 1 saturated carbocycles. The SMILES string of the molecule is Cc1cc(S(=O)(=O)NC2(CBr)CCCC(C)C2)sc1Cl. The molecule has 3 nitrogen and oxygen atoms in total. The van der Waals surface area contributed by atoms with Crippen molar-refractivity contribution in [3.05, 3.63) is 16.0 Å². The van der Waals surface area contributed by atoms with Gasteiger partial charge in [-0.05, 0) is 37.3 Å². The van der Waals surface area contributed by atoms with E-state index < -0.39 is 10.0 Å². The van der Waals surface area contributed by atoms with E-state index in [9.17, 15) is 8.42 Å². The van der Waals surface area contributed by atoms with E-state index in [0.29, 0.717) is 19.8 Å². The van der Waals surface area contributed by atoms with Crippen LogP contribution >= 0.6 is 38.9 Å². The maximum atomic E-state index is 12.6. The molecule has 2 rings (SSSR count). The molecule has 1 aromatic rings. The van der Waals surface area contributed by atoms with Gasteiger partial charge in [0.15, 0.2) is 0 Å². The summed E-state index contributed by atoms with van der Waals surface area (Å²) in [6, 6.07) is 1.64. The number of nitrogens with one attached hydrogen (secondary N) is 1. The quantitative estimate of drug-likeness (QED) is 0.764. The highest BCUT2D eigenvalue weighted by Gasteiger charge is 2.38. The lowest BCUT2D eigenvalue weighted by molar-refractivity contribution is 0.242. The van der Waals surface area contributed by atoms with Crippen molar-refractivity contribution in [3.63, 3.8) is 0 Å². The molecule has 2 unspecified atom stereocenters. The lowest BCUT2D eigenvalue weighted by Crippen LogP contribution is -2.52. The molecule has 0 radical (unpaired) electrons. The van der Waals surface area contributed by atoms with E-state index in [1.54, 1.807) is 6.07 Å². The van der Waals surface area contributed by atoms with Gasteiger partial charge in [0.2, 0.25) is 0 Å². The van der Waals surface area contributed by atoms with Crippen LogP contribution in [0.15, 0.2) is 10.3 Å². The molecular weight excluding hydrogens is 382 g/mol. The first-order valence-corrected chi connectivity index (χ1v) is 10.4. The Morgan fingerprint density at radius 2 is 2.30 bits per heavy atom. The van der Waals surface area contributed by atoms with E-state index in [1.807, 2.05) is 6.92 Å². The fourth-order valence-corrected chi connectivity index (χ4v) is 6.78. The normalized spacial score (nSPS) is 27.7. The zero-order chi connectivity index (χ0) is 15.0. The van der Waals surface area contributed by atoms with Crippen LogP contribution in [-0.2, 0) is 10.0 Å². The largest absolute Gasteiger partial charge is 0.250 e. The van der Waals surface area contributed by atoms with Crippen LogP contribution in [0.3, 0.4) is 0 Å². The van der Waals surface area contributed by atoms with Crippen LogP contribution in [0.4, 0.5) is 0 Å². The molecule has 7 heteroatoms. The van der Waals surface area contributed by atoms with Crippen LogP contribution in [0.25, 0.3) is 0 Å². The Labute approximate surface area is 138 Å². The lowest BCUT2D eigenvalue weighted by atomic mass is 9.78. The van der Waals surface area contributed by atoms with Gasteiger partial charge in [-0.1, -0.05) is 47.3 Å². The Morgan fingerprint density at radius 3 is 2.80 bits per heavy atom. The predicted molar refractivity (Wildman–Crippen MR) is 88.5 cm³/mol. The van der Waals surface area contributed by atoms with E-state index in [2.05, 4.69) is 27.6 Å². The maximum Gasteiger partial charge on any atom is 0.250 e. The highest BCUT2D eigenvalue weighted by atomic mass is 79.9. The van der Waals surface area contributed by atoms with Gasteiger partial charge in [-0.15, -0.1) is 11.3 Å². The predicted octanol–water partition coefficient (Wildman–Crippen LogP) is 4.33. The molecule has 0 amide bonds. The summed E-state index contributed by atoms with van der Waals surface area (Å²) in [5.41, 5.74) is 0.433. The minimum absolute atomic E-state index is 0.304. The fourth-order valence-electron chi connectivity index (χ4n) is 2.80. The molecule has 20 heavy (non-hydrogen) atoms. The van der Waals surface area contributed by atoms with Gasteiger partial charge >= 0.3 is 0 Å². The second-order valence-corrected chi connectivity index (χ2v) is 9.87. The maximum absolute atomic E-state index is 12.6. The van der Waals surface area contributed by atoms with Crippen LogP contribution in [0.1, 0.15) is 38.2 Å². The summed E-state index contributed by atoms with van der Waals surface area (Å²) in [6.45, 7) is 4.00. The van der Waals surface area contributed by atoms with Crippen molar-refractivity contribution < 1.29 is 8.42 Å². The van der Waals surface area contributed by atoms with E-state index >= 15 is 0 Å². The number of sulfonamides is 1. The third-order valence-electron chi connectivity index (χ3n) is 3.80. The summed E-state index contributed by atoms with van der Waals surface area (Å²) in [4.78, 5) is 0. The van der Waals surface area contributed by atoms with Crippen LogP contribution in [-0.4, -0.2) is 19.3 Å². The molecule has 2 atom stereocenters. The third-order valence-corrected chi connectivity index (χ3v) is 8.48.